The summed E-state index contributed by atoms with van der Waals surface area (Å²) in [4.78, 5) is 28.8. The van der Waals surface area contributed by atoms with E-state index in [-0.39, 0.29) is 17.3 Å². The monoisotopic (exact) mass is 431 g/mol. The van der Waals surface area contributed by atoms with Gasteiger partial charge in [-0.3, -0.25) is 13.9 Å². The van der Waals surface area contributed by atoms with Crippen LogP contribution in [0.2, 0.25) is 0 Å². The van der Waals surface area contributed by atoms with Crippen molar-refractivity contribution in [1.82, 2.24) is 24.0 Å². The molecule has 2 aromatic heterocycles. The van der Waals surface area contributed by atoms with Gasteiger partial charge in [-0.15, -0.1) is 0 Å². The van der Waals surface area contributed by atoms with Gasteiger partial charge in [-0.2, -0.15) is 0 Å². The number of nitrogens with zero attached hydrogens (tertiary/aromatic N) is 4. The van der Waals surface area contributed by atoms with Crippen LogP contribution in [0.15, 0.2) is 28.0 Å². The molecule has 1 N–H and O–H groups in total. The average Bonchev–Trinajstić information content (AvgIpc) is 3.19. The van der Waals surface area contributed by atoms with Crippen molar-refractivity contribution in [2.45, 2.75) is 25.9 Å². The van der Waals surface area contributed by atoms with Crippen LogP contribution in [0.4, 0.5) is 0 Å². The van der Waals surface area contributed by atoms with E-state index in [2.05, 4.69) is 17.2 Å². The molecule has 1 atom stereocenters. The van der Waals surface area contributed by atoms with E-state index < -0.39 is 0 Å². The van der Waals surface area contributed by atoms with E-state index in [4.69, 9.17) is 14.2 Å². The quantitative estimate of drug-likeness (QED) is 0.532. The van der Waals surface area contributed by atoms with E-state index in [1.807, 2.05) is 12.1 Å². The van der Waals surface area contributed by atoms with Gasteiger partial charge in [0.05, 0.1) is 27.7 Å². The number of imidazole rings is 1. The summed E-state index contributed by atoms with van der Waals surface area (Å²) in [7, 11) is 7.85. The molecular weight excluding hydrogens is 402 g/mol. The summed E-state index contributed by atoms with van der Waals surface area (Å²) >= 11 is 0. The van der Waals surface area contributed by atoms with Gasteiger partial charge in [0.15, 0.2) is 22.7 Å². The standard InChI is InChI=1S/C21H29N5O5/c1-13(9-14-10-15(29-4)18(31-6)16(11-14)30-5)22-7-8-26-12-23-19-17(26)20(27)25(3)21(28)24(19)2/h10-13,22H,7-9H2,1-6H3. The molecule has 168 valence electrons. The first-order valence-corrected chi connectivity index (χ1v) is 9.95. The second-order valence-corrected chi connectivity index (χ2v) is 7.41. The summed E-state index contributed by atoms with van der Waals surface area (Å²) in [6, 6.07) is 4.03. The fourth-order valence-corrected chi connectivity index (χ4v) is 3.68. The molecule has 0 saturated heterocycles. The van der Waals surface area contributed by atoms with Crippen molar-refractivity contribution in [1.29, 1.82) is 0 Å². The second kappa shape index (κ2) is 9.25. The van der Waals surface area contributed by atoms with E-state index in [0.29, 0.717) is 41.5 Å². The summed E-state index contributed by atoms with van der Waals surface area (Å²) in [5.74, 6) is 1.81. The van der Waals surface area contributed by atoms with Crippen LogP contribution < -0.4 is 30.8 Å². The van der Waals surface area contributed by atoms with Gasteiger partial charge >= 0.3 is 5.69 Å². The van der Waals surface area contributed by atoms with Gasteiger partial charge in [0.2, 0.25) is 5.75 Å². The molecule has 0 aliphatic rings. The van der Waals surface area contributed by atoms with Crippen LogP contribution >= 0.6 is 0 Å². The van der Waals surface area contributed by atoms with Crippen LogP contribution in [-0.2, 0) is 27.1 Å². The predicted molar refractivity (Wildman–Crippen MR) is 117 cm³/mol. The van der Waals surface area contributed by atoms with Crippen LogP contribution in [0.1, 0.15) is 12.5 Å². The Bertz CT molecular complexity index is 1170. The molecule has 0 aliphatic heterocycles. The maximum Gasteiger partial charge on any atom is 0.332 e. The summed E-state index contributed by atoms with van der Waals surface area (Å²) in [6.07, 6.45) is 2.34. The number of ether oxygens (including phenoxy) is 3. The highest BCUT2D eigenvalue weighted by Gasteiger charge is 2.16. The van der Waals surface area contributed by atoms with Crippen LogP contribution in [0.5, 0.6) is 17.2 Å². The number of aromatic nitrogens is 4. The Morgan fingerprint density at radius 2 is 1.68 bits per heavy atom. The Morgan fingerprint density at radius 1 is 1.03 bits per heavy atom. The molecule has 10 heteroatoms. The Morgan fingerprint density at radius 3 is 2.26 bits per heavy atom. The molecule has 0 radical (unpaired) electrons. The highest BCUT2D eigenvalue weighted by atomic mass is 16.5. The molecule has 3 aromatic rings. The lowest BCUT2D eigenvalue weighted by Gasteiger charge is -2.17. The molecule has 1 aromatic carbocycles. The Hall–Kier alpha value is -3.27. The maximum absolute atomic E-state index is 12.5. The minimum atomic E-state index is -0.389. The Balaban J connectivity index is 1.70. The fraction of sp³-hybridized carbons (Fsp3) is 0.476. The molecule has 10 nitrogen and oxygen atoms in total. The molecule has 0 saturated carbocycles. The Labute approximate surface area is 180 Å². The first-order chi connectivity index (χ1) is 14.8. The summed E-state index contributed by atoms with van der Waals surface area (Å²) in [6.45, 7) is 3.25. The zero-order chi connectivity index (χ0) is 22.7. The normalized spacial score (nSPS) is 12.2. The third-order valence-electron chi connectivity index (χ3n) is 5.33. The van der Waals surface area contributed by atoms with Crippen molar-refractivity contribution in [3.05, 3.63) is 44.9 Å². The summed E-state index contributed by atoms with van der Waals surface area (Å²) in [5, 5.41) is 3.46. The molecule has 0 fully saturated rings. The van der Waals surface area contributed by atoms with Crippen molar-refractivity contribution in [2.75, 3.05) is 27.9 Å². The summed E-state index contributed by atoms with van der Waals surface area (Å²) in [5.41, 5.74) is 1.12. The van der Waals surface area contributed by atoms with Gasteiger partial charge in [-0.25, -0.2) is 9.78 Å². The Kier molecular flexibility index (Phi) is 6.69. The van der Waals surface area contributed by atoms with E-state index in [1.54, 1.807) is 39.3 Å². The number of fused-ring (bicyclic) bond motifs is 1. The third-order valence-corrected chi connectivity index (χ3v) is 5.33. The predicted octanol–water partition coefficient (Wildman–Crippen LogP) is 0.680. The van der Waals surface area contributed by atoms with Crippen LogP contribution in [0.25, 0.3) is 11.2 Å². The number of aryl methyl sites for hydroxylation is 1. The highest BCUT2D eigenvalue weighted by Crippen LogP contribution is 2.38. The number of hydrogen-bond acceptors (Lipinski definition) is 7. The average molecular weight is 431 g/mol. The minimum absolute atomic E-state index is 0.157. The molecule has 0 amide bonds. The maximum atomic E-state index is 12.5. The van der Waals surface area contributed by atoms with Gasteiger partial charge in [-0.05, 0) is 31.0 Å². The molecule has 1 unspecified atom stereocenters. The smallest absolute Gasteiger partial charge is 0.332 e. The van der Waals surface area contributed by atoms with Crippen molar-refractivity contribution >= 4 is 11.2 Å². The number of methoxy groups -OCH3 is 3. The lowest BCUT2D eigenvalue weighted by molar-refractivity contribution is 0.323. The SMILES string of the molecule is COc1cc(CC(C)NCCn2cnc3c2c(=O)n(C)c(=O)n3C)cc(OC)c1OC. The van der Waals surface area contributed by atoms with Crippen LogP contribution in [-0.4, -0.2) is 52.6 Å². The number of hydrogen-bond donors (Lipinski definition) is 1. The molecule has 2 heterocycles. The van der Waals surface area contributed by atoms with Gasteiger partial charge in [0.25, 0.3) is 5.56 Å². The van der Waals surface area contributed by atoms with Crippen LogP contribution in [0.3, 0.4) is 0 Å². The van der Waals surface area contributed by atoms with Crippen molar-refractivity contribution in [3.8, 4) is 17.2 Å². The van der Waals surface area contributed by atoms with Crippen LogP contribution in [0, 0.1) is 0 Å². The van der Waals surface area contributed by atoms with Crippen molar-refractivity contribution < 1.29 is 14.2 Å². The van der Waals surface area contributed by atoms with Gasteiger partial charge < -0.3 is 24.1 Å². The van der Waals surface area contributed by atoms with Crippen molar-refractivity contribution in [3.63, 3.8) is 0 Å². The topological polar surface area (TPSA) is 102 Å². The largest absolute Gasteiger partial charge is 0.493 e. The number of rotatable bonds is 9. The van der Waals surface area contributed by atoms with Gasteiger partial charge in [0, 0.05) is 33.2 Å². The highest BCUT2D eigenvalue weighted by molar-refractivity contribution is 5.69. The molecule has 0 bridgehead atoms. The van der Waals surface area contributed by atoms with E-state index in [1.165, 1.54) is 11.6 Å². The first kappa shape index (κ1) is 22.4. The molecular formula is C21H29N5O5. The molecule has 0 aliphatic carbocycles. The molecule has 31 heavy (non-hydrogen) atoms. The van der Waals surface area contributed by atoms with E-state index >= 15 is 0 Å². The minimum Gasteiger partial charge on any atom is -0.493 e. The first-order valence-electron chi connectivity index (χ1n) is 9.95. The van der Waals surface area contributed by atoms with Gasteiger partial charge in [0.1, 0.15) is 0 Å². The summed E-state index contributed by atoms with van der Waals surface area (Å²) < 4.78 is 20.5. The number of nitrogens with one attached hydrogen (secondary N) is 1. The second-order valence-electron chi connectivity index (χ2n) is 7.41. The zero-order valence-corrected chi connectivity index (χ0v) is 18.8. The third kappa shape index (κ3) is 4.29. The lowest BCUT2D eigenvalue weighted by Crippen LogP contribution is -2.38. The lowest BCUT2D eigenvalue weighted by atomic mass is 10.1. The van der Waals surface area contributed by atoms with E-state index in [9.17, 15) is 9.59 Å². The zero-order valence-electron chi connectivity index (χ0n) is 18.8. The fourth-order valence-electron chi connectivity index (χ4n) is 3.68. The molecule has 3 rings (SSSR count). The van der Waals surface area contributed by atoms with E-state index in [0.717, 1.165) is 16.6 Å². The molecule has 0 spiro atoms. The number of benzene rings is 1. The van der Waals surface area contributed by atoms with Gasteiger partial charge in [-0.1, -0.05) is 0 Å². The van der Waals surface area contributed by atoms with Crippen molar-refractivity contribution in [2.24, 2.45) is 14.1 Å².